The number of imidazole rings is 1. The fourth-order valence-corrected chi connectivity index (χ4v) is 2.66. The minimum absolute atomic E-state index is 0.510. The van der Waals surface area contributed by atoms with E-state index in [1.54, 1.807) is 0 Å². The fourth-order valence-electron chi connectivity index (χ4n) is 2.66. The van der Waals surface area contributed by atoms with Crippen LogP contribution in [0.5, 0.6) is 0 Å². The van der Waals surface area contributed by atoms with E-state index in [2.05, 4.69) is 47.7 Å². The quantitative estimate of drug-likeness (QED) is 0.748. The molecule has 0 unspecified atom stereocenters. The number of fused-ring (bicyclic) bond motifs is 1. The SMILES string of the molecule is C#CCn1c(-c2ccc(CN)cc2)nc2cc(CC)ccc21. The van der Waals surface area contributed by atoms with Crippen molar-refractivity contribution in [3.8, 4) is 23.7 Å². The van der Waals surface area contributed by atoms with Gasteiger partial charge in [-0.15, -0.1) is 6.42 Å². The van der Waals surface area contributed by atoms with Crippen LogP contribution in [0.25, 0.3) is 22.4 Å². The predicted octanol–water partition coefficient (Wildman–Crippen LogP) is 3.36. The maximum absolute atomic E-state index is 5.66. The third-order valence-corrected chi connectivity index (χ3v) is 3.92. The van der Waals surface area contributed by atoms with Gasteiger partial charge in [0.1, 0.15) is 5.82 Å². The van der Waals surface area contributed by atoms with Gasteiger partial charge in [-0.05, 0) is 29.7 Å². The minimum Gasteiger partial charge on any atom is -0.326 e. The van der Waals surface area contributed by atoms with Gasteiger partial charge in [0, 0.05) is 12.1 Å². The number of benzene rings is 2. The summed E-state index contributed by atoms with van der Waals surface area (Å²) in [5, 5.41) is 0. The molecule has 2 N–H and O–H groups in total. The molecule has 0 aliphatic rings. The normalized spacial score (nSPS) is 10.8. The summed E-state index contributed by atoms with van der Waals surface area (Å²) in [6.07, 6.45) is 6.54. The number of aryl methyl sites for hydroxylation is 1. The van der Waals surface area contributed by atoms with Crippen LogP contribution >= 0.6 is 0 Å². The number of aromatic nitrogens is 2. The van der Waals surface area contributed by atoms with Gasteiger partial charge < -0.3 is 10.3 Å². The van der Waals surface area contributed by atoms with E-state index in [1.807, 2.05) is 12.1 Å². The zero-order valence-corrected chi connectivity index (χ0v) is 12.7. The van der Waals surface area contributed by atoms with Crippen molar-refractivity contribution >= 4 is 11.0 Å². The zero-order valence-electron chi connectivity index (χ0n) is 12.7. The third-order valence-electron chi connectivity index (χ3n) is 3.92. The van der Waals surface area contributed by atoms with Gasteiger partial charge in [0.05, 0.1) is 17.6 Å². The van der Waals surface area contributed by atoms with Crippen LogP contribution in [-0.4, -0.2) is 9.55 Å². The molecular weight excluding hydrogens is 270 g/mol. The summed E-state index contributed by atoms with van der Waals surface area (Å²) < 4.78 is 2.09. The van der Waals surface area contributed by atoms with E-state index in [0.29, 0.717) is 13.1 Å². The fraction of sp³-hybridized carbons (Fsp3) is 0.211. The second kappa shape index (κ2) is 6.05. The van der Waals surface area contributed by atoms with E-state index in [-0.39, 0.29) is 0 Å². The molecule has 3 aromatic rings. The van der Waals surface area contributed by atoms with Crippen LogP contribution in [0.1, 0.15) is 18.1 Å². The van der Waals surface area contributed by atoms with Gasteiger partial charge in [0.2, 0.25) is 0 Å². The first-order valence-corrected chi connectivity index (χ1v) is 7.48. The molecule has 0 atom stereocenters. The largest absolute Gasteiger partial charge is 0.326 e. The molecule has 2 aromatic carbocycles. The predicted molar refractivity (Wildman–Crippen MR) is 91.3 cm³/mol. The molecule has 0 bridgehead atoms. The molecule has 0 aliphatic heterocycles. The van der Waals surface area contributed by atoms with Gasteiger partial charge in [-0.25, -0.2) is 4.98 Å². The van der Waals surface area contributed by atoms with Crippen molar-refractivity contribution < 1.29 is 0 Å². The van der Waals surface area contributed by atoms with E-state index >= 15 is 0 Å². The molecular formula is C19H19N3. The molecule has 0 spiro atoms. The van der Waals surface area contributed by atoms with Crippen molar-refractivity contribution in [2.45, 2.75) is 26.4 Å². The molecule has 1 heterocycles. The van der Waals surface area contributed by atoms with Gasteiger partial charge >= 0.3 is 0 Å². The Morgan fingerprint density at radius 3 is 2.50 bits per heavy atom. The molecule has 0 amide bonds. The van der Waals surface area contributed by atoms with Crippen molar-refractivity contribution in [2.75, 3.05) is 0 Å². The first-order valence-electron chi connectivity index (χ1n) is 7.48. The lowest BCUT2D eigenvalue weighted by atomic mass is 10.1. The van der Waals surface area contributed by atoms with Crippen LogP contribution < -0.4 is 5.73 Å². The highest BCUT2D eigenvalue weighted by molar-refractivity contribution is 5.81. The van der Waals surface area contributed by atoms with Crippen molar-refractivity contribution in [3.05, 3.63) is 53.6 Å². The Labute approximate surface area is 130 Å². The number of hydrogen-bond donors (Lipinski definition) is 1. The van der Waals surface area contributed by atoms with Gasteiger partial charge in [0.25, 0.3) is 0 Å². The van der Waals surface area contributed by atoms with Crippen molar-refractivity contribution in [3.63, 3.8) is 0 Å². The number of nitrogens with zero attached hydrogens (tertiary/aromatic N) is 2. The number of hydrogen-bond acceptors (Lipinski definition) is 2. The highest BCUT2D eigenvalue weighted by atomic mass is 15.1. The molecule has 3 nitrogen and oxygen atoms in total. The average molecular weight is 289 g/mol. The van der Waals surface area contributed by atoms with Gasteiger partial charge in [-0.2, -0.15) is 0 Å². The van der Waals surface area contributed by atoms with Gasteiger partial charge in [0.15, 0.2) is 0 Å². The summed E-state index contributed by atoms with van der Waals surface area (Å²) in [6, 6.07) is 14.6. The molecule has 110 valence electrons. The molecule has 0 saturated carbocycles. The van der Waals surface area contributed by atoms with E-state index in [1.165, 1.54) is 5.56 Å². The molecule has 22 heavy (non-hydrogen) atoms. The lowest BCUT2D eigenvalue weighted by molar-refractivity contribution is 0.881. The van der Waals surface area contributed by atoms with Crippen LogP contribution in [0.15, 0.2) is 42.5 Å². The highest BCUT2D eigenvalue weighted by Gasteiger charge is 2.12. The summed E-state index contributed by atoms with van der Waals surface area (Å²) in [6.45, 7) is 3.20. The third kappa shape index (κ3) is 2.49. The van der Waals surface area contributed by atoms with Gasteiger partial charge in [-0.1, -0.05) is 43.2 Å². The average Bonchev–Trinajstić information content (AvgIpc) is 2.93. The first-order chi connectivity index (χ1) is 10.8. The van der Waals surface area contributed by atoms with E-state index < -0.39 is 0 Å². The van der Waals surface area contributed by atoms with Crippen molar-refractivity contribution in [2.24, 2.45) is 5.73 Å². The Morgan fingerprint density at radius 1 is 1.14 bits per heavy atom. The molecule has 3 rings (SSSR count). The summed E-state index contributed by atoms with van der Waals surface area (Å²) in [5.41, 5.74) is 11.2. The first kappa shape index (κ1) is 14.4. The van der Waals surface area contributed by atoms with Crippen LogP contribution in [0.2, 0.25) is 0 Å². The minimum atomic E-state index is 0.510. The lowest BCUT2D eigenvalue weighted by Crippen LogP contribution is -2.00. The number of nitrogens with two attached hydrogens (primary N) is 1. The number of rotatable bonds is 4. The van der Waals surface area contributed by atoms with Crippen molar-refractivity contribution in [1.29, 1.82) is 0 Å². The Kier molecular flexibility index (Phi) is 3.95. The Bertz CT molecular complexity index is 835. The monoisotopic (exact) mass is 289 g/mol. The molecule has 0 radical (unpaired) electrons. The van der Waals surface area contributed by atoms with Crippen LogP contribution in [0.3, 0.4) is 0 Å². The second-order valence-corrected chi connectivity index (χ2v) is 5.30. The van der Waals surface area contributed by atoms with Crippen LogP contribution in [0.4, 0.5) is 0 Å². The molecule has 0 saturated heterocycles. The molecule has 0 fully saturated rings. The van der Waals surface area contributed by atoms with E-state index in [0.717, 1.165) is 34.4 Å². The van der Waals surface area contributed by atoms with Crippen LogP contribution in [-0.2, 0) is 19.5 Å². The Hall–Kier alpha value is -2.57. The second-order valence-electron chi connectivity index (χ2n) is 5.30. The van der Waals surface area contributed by atoms with Crippen LogP contribution in [0, 0.1) is 12.3 Å². The maximum atomic E-state index is 5.66. The lowest BCUT2D eigenvalue weighted by Gasteiger charge is -2.06. The summed E-state index contributed by atoms with van der Waals surface area (Å²) in [4.78, 5) is 4.80. The van der Waals surface area contributed by atoms with Crippen molar-refractivity contribution in [1.82, 2.24) is 9.55 Å². The summed E-state index contributed by atoms with van der Waals surface area (Å²) >= 11 is 0. The maximum Gasteiger partial charge on any atom is 0.141 e. The van der Waals surface area contributed by atoms with Gasteiger partial charge in [-0.3, -0.25) is 0 Å². The smallest absolute Gasteiger partial charge is 0.141 e. The standard InChI is InChI=1S/C19H19N3/c1-3-11-22-18-10-7-14(4-2)12-17(18)21-19(22)16-8-5-15(13-20)6-9-16/h1,5-10,12H,4,11,13,20H2,2H3. The summed E-state index contributed by atoms with van der Waals surface area (Å²) in [7, 11) is 0. The molecule has 3 heteroatoms. The Balaban J connectivity index is 2.18. The molecule has 1 aromatic heterocycles. The Morgan fingerprint density at radius 2 is 1.86 bits per heavy atom. The molecule has 0 aliphatic carbocycles. The van der Waals surface area contributed by atoms with E-state index in [4.69, 9.17) is 17.1 Å². The topological polar surface area (TPSA) is 43.8 Å². The van der Waals surface area contributed by atoms with E-state index in [9.17, 15) is 0 Å². The number of terminal acetylenes is 1. The summed E-state index contributed by atoms with van der Waals surface area (Å²) in [5.74, 6) is 3.63. The zero-order chi connectivity index (χ0) is 15.5. The highest BCUT2D eigenvalue weighted by Crippen LogP contribution is 2.26.